The number of carboxylic acid groups (broad SMARTS) is 1. The fourth-order valence-corrected chi connectivity index (χ4v) is 3.42. The lowest BCUT2D eigenvalue weighted by Crippen LogP contribution is -2.31. The van der Waals surface area contributed by atoms with Crippen molar-refractivity contribution >= 4 is 52.1 Å². The molecule has 1 aromatic heterocycles. The van der Waals surface area contributed by atoms with Gasteiger partial charge in [-0.1, -0.05) is 24.9 Å². The second-order valence-electron chi connectivity index (χ2n) is 6.57. The zero-order chi connectivity index (χ0) is 20.4. The highest BCUT2D eigenvalue weighted by atomic mass is 35.5. The van der Waals surface area contributed by atoms with E-state index in [-0.39, 0.29) is 22.2 Å². The van der Waals surface area contributed by atoms with Crippen LogP contribution in [0.4, 0.5) is 5.69 Å². The third-order valence-corrected chi connectivity index (χ3v) is 5.07. The van der Waals surface area contributed by atoms with Gasteiger partial charge in [-0.05, 0) is 25.5 Å². The van der Waals surface area contributed by atoms with Crippen LogP contribution in [0.15, 0.2) is 23.3 Å². The fraction of sp³-hybridized carbons (Fsp3) is 0.350. The second kappa shape index (κ2) is 8.06. The molecule has 0 saturated carbocycles. The summed E-state index contributed by atoms with van der Waals surface area (Å²) in [6.07, 6.45) is 4.45. The van der Waals surface area contributed by atoms with Crippen LogP contribution in [0.5, 0.6) is 0 Å². The minimum absolute atomic E-state index is 0.122. The summed E-state index contributed by atoms with van der Waals surface area (Å²) in [7, 11) is 0. The highest BCUT2D eigenvalue weighted by molar-refractivity contribution is 6.37. The molecule has 0 saturated heterocycles. The molecular formula is C20H20ClN3O4. The number of carbonyl (C=O) groups excluding carboxylic acids is 2. The lowest BCUT2D eigenvalue weighted by Gasteiger charge is -2.21. The quantitative estimate of drug-likeness (QED) is 0.743. The number of Topliss-reactive ketones (excluding diaryl/α,β-unsaturated/α-hetero) is 1. The average molecular weight is 402 g/mol. The number of nitrogens with zero attached hydrogens (tertiary/aromatic N) is 3. The van der Waals surface area contributed by atoms with Crippen molar-refractivity contribution in [2.45, 2.75) is 26.7 Å². The summed E-state index contributed by atoms with van der Waals surface area (Å²) in [5, 5.41) is 9.87. The lowest BCUT2D eigenvalue weighted by atomic mass is 9.93. The molecule has 1 aliphatic rings. The molecule has 1 atom stereocenters. The van der Waals surface area contributed by atoms with E-state index in [1.807, 2.05) is 6.92 Å². The Morgan fingerprint density at radius 3 is 2.68 bits per heavy atom. The topological polar surface area (TPSA) is 99.9 Å². The first-order chi connectivity index (χ1) is 13.4. The van der Waals surface area contributed by atoms with Gasteiger partial charge in [-0.2, -0.15) is 0 Å². The van der Waals surface area contributed by atoms with Crippen LogP contribution in [0.2, 0.25) is 5.02 Å². The normalized spacial score (nSPS) is 15.5. The number of amides is 1. The first-order valence-electron chi connectivity index (χ1n) is 9.11. The van der Waals surface area contributed by atoms with Gasteiger partial charge in [0.1, 0.15) is 0 Å². The zero-order valence-electron chi connectivity index (χ0n) is 15.6. The first kappa shape index (κ1) is 19.9. The van der Waals surface area contributed by atoms with Crippen molar-refractivity contribution in [3.8, 4) is 0 Å². The minimum atomic E-state index is -1.33. The maximum atomic E-state index is 12.8. The molecule has 0 bridgehead atoms. The van der Waals surface area contributed by atoms with Gasteiger partial charge in [0.15, 0.2) is 11.7 Å². The van der Waals surface area contributed by atoms with Crippen molar-refractivity contribution in [3.63, 3.8) is 0 Å². The van der Waals surface area contributed by atoms with Crippen molar-refractivity contribution in [1.29, 1.82) is 0 Å². The Morgan fingerprint density at radius 1 is 1.29 bits per heavy atom. The monoisotopic (exact) mass is 401 g/mol. The highest BCUT2D eigenvalue weighted by Crippen LogP contribution is 2.37. The molecule has 0 aliphatic carbocycles. The number of fused-ring (bicyclic) bond motifs is 3. The number of unbranched alkanes of at least 4 members (excludes halogenated alkanes) is 1. The van der Waals surface area contributed by atoms with E-state index in [0.717, 1.165) is 19.1 Å². The number of benzene rings is 1. The molecule has 28 heavy (non-hydrogen) atoms. The maximum Gasteiger partial charge on any atom is 0.319 e. The third-order valence-electron chi connectivity index (χ3n) is 4.76. The summed E-state index contributed by atoms with van der Waals surface area (Å²) in [5.41, 5.74) is 1.17. The largest absolute Gasteiger partial charge is 0.480 e. The SMILES string of the molecule is CCCCN(CC)C(=O)c1cnc2c3c(cc(Cl)c2c1)C(=O)C(C(=O)O)C=N3. The van der Waals surface area contributed by atoms with E-state index in [1.54, 1.807) is 11.0 Å². The van der Waals surface area contributed by atoms with Crippen molar-refractivity contribution in [2.75, 3.05) is 13.1 Å². The van der Waals surface area contributed by atoms with E-state index >= 15 is 0 Å². The van der Waals surface area contributed by atoms with Crippen LogP contribution < -0.4 is 0 Å². The van der Waals surface area contributed by atoms with Crippen LogP contribution >= 0.6 is 11.6 Å². The van der Waals surface area contributed by atoms with Crippen LogP contribution in [0.1, 0.15) is 47.4 Å². The van der Waals surface area contributed by atoms with E-state index in [4.69, 9.17) is 16.7 Å². The molecule has 0 fully saturated rings. The van der Waals surface area contributed by atoms with Crippen molar-refractivity contribution in [2.24, 2.45) is 10.9 Å². The molecule has 1 aliphatic heterocycles. The number of aliphatic imine (C=N–C) groups is 1. The summed E-state index contributed by atoms with van der Waals surface area (Å²) < 4.78 is 0. The molecule has 7 nitrogen and oxygen atoms in total. The molecular weight excluding hydrogens is 382 g/mol. The molecule has 1 N–H and O–H groups in total. The van der Waals surface area contributed by atoms with Gasteiger partial charge >= 0.3 is 5.97 Å². The number of carboxylic acids is 1. The van der Waals surface area contributed by atoms with Gasteiger partial charge in [0.05, 0.1) is 21.8 Å². The number of ketones is 1. The van der Waals surface area contributed by atoms with E-state index in [2.05, 4.69) is 16.9 Å². The first-order valence-corrected chi connectivity index (χ1v) is 9.49. The smallest absolute Gasteiger partial charge is 0.319 e. The summed E-state index contributed by atoms with van der Waals surface area (Å²) >= 11 is 6.34. The predicted octanol–water partition coefficient (Wildman–Crippen LogP) is 3.75. The van der Waals surface area contributed by atoms with E-state index in [9.17, 15) is 14.4 Å². The Kier molecular flexibility index (Phi) is 5.74. The van der Waals surface area contributed by atoms with Crippen LogP contribution in [0, 0.1) is 5.92 Å². The summed E-state index contributed by atoms with van der Waals surface area (Å²) in [6.45, 7) is 5.24. The van der Waals surface area contributed by atoms with Crippen LogP contribution in [-0.4, -0.2) is 52.0 Å². The molecule has 1 aromatic carbocycles. The Hall–Kier alpha value is -2.80. The fourth-order valence-electron chi connectivity index (χ4n) is 3.17. The van der Waals surface area contributed by atoms with Crippen LogP contribution in [-0.2, 0) is 4.79 Å². The van der Waals surface area contributed by atoms with E-state index in [0.29, 0.717) is 29.6 Å². The zero-order valence-corrected chi connectivity index (χ0v) is 16.4. The number of halogens is 1. The number of aromatic nitrogens is 1. The Bertz CT molecular complexity index is 1000. The van der Waals surface area contributed by atoms with E-state index in [1.165, 1.54) is 12.3 Å². The number of hydrogen-bond donors (Lipinski definition) is 1. The third kappa shape index (κ3) is 3.49. The van der Waals surface area contributed by atoms with Gasteiger partial charge in [-0.15, -0.1) is 0 Å². The van der Waals surface area contributed by atoms with Crippen LogP contribution in [0.25, 0.3) is 10.9 Å². The summed E-state index contributed by atoms with van der Waals surface area (Å²) in [6, 6.07) is 3.05. The Balaban J connectivity index is 2.06. The number of aliphatic carboxylic acids is 1. The maximum absolute atomic E-state index is 12.8. The van der Waals surface area contributed by atoms with Gasteiger partial charge < -0.3 is 10.0 Å². The average Bonchev–Trinajstić information content (AvgIpc) is 2.68. The molecule has 3 rings (SSSR count). The standard InChI is InChI=1S/C20H20ClN3O4/c1-3-5-6-24(4-2)19(26)11-7-12-15(21)8-13-17(16(12)22-9-11)23-10-14(18(13)25)20(27)28/h7-10,14H,3-6H2,1-2H3,(H,27,28). The number of carbonyl (C=O) groups is 3. The van der Waals surface area contributed by atoms with E-state index < -0.39 is 17.7 Å². The Morgan fingerprint density at radius 2 is 2.04 bits per heavy atom. The summed E-state index contributed by atoms with van der Waals surface area (Å²) in [4.78, 5) is 46.7. The van der Waals surface area contributed by atoms with Gasteiger partial charge in [-0.3, -0.25) is 24.4 Å². The number of pyridine rings is 1. The molecule has 2 aromatic rings. The van der Waals surface area contributed by atoms with Crippen molar-refractivity contribution in [1.82, 2.24) is 9.88 Å². The predicted molar refractivity (Wildman–Crippen MR) is 107 cm³/mol. The number of hydrogen-bond acceptors (Lipinski definition) is 5. The minimum Gasteiger partial charge on any atom is -0.480 e. The van der Waals surface area contributed by atoms with Gasteiger partial charge in [0.25, 0.3) is 5.91 Å². The molecule has 8 heteroatoms. The molecule has 1 amide bonds. The van der Waals surface area contributed by atoms with Crippen LogP contribution in [0.3, 0.4) is 0 Å². The highest BCUT2D eigenvalue weighted by Gasteiger charge is 2.32. The number of rotatable bonds is 6. The molecule has 0 spiro atoms. The van der Waals surface area contributed by atoms with Gasteiger partial charge in [0.2, 0.25) is 0 Å². The Labute approximate surface area is 167 Å². The van der Waals surface area contributed by atoms with Gasteiger partial charge in [-0.25, -0.2) is 0 Å². The second-order valence-corrected chi connectivity index (χ2v) is 6.98. The van der Waals surface area contributed by atoms with Crippen molar-refractivity contribution < 1.29 is 19.5 Å². The van der Waals surface area contributed by atoms with Crippen molar-refractivity contribution in [3.05, 3.63) is 34.5 Å². The molecule has 1 unspecified atom stereocenters. The van der Waals surface area contributed by atoms with Gasteiger partial charge in [0, 0.05) is 36.5 Å². The molecule has 0 radical (unpaired) electrons. The molecule has 2 heterocycles. The lowest BCUT2D eigenvalue weighted by molar-refractivity contribution is -0.137. The summed E-state index contributed by atoms with van der Waals surface area (Å²) in [5.74, 6) is -3.32. The molecule has 146 valence electrons.